The second-order valence-corrected chi connectivity index (χ2v) is 6.93. The molecule has 0 aliphatic rings. The zero-order chi connectivity index (χ0) is 19.3. The Kier molecular flexibility index (Phi) is 5.16. The fourth-order valence-corrected chi connectivity index (χ4v) is 3.51. The van der Waals surface area contributed by atoms with Gasteiger partial charge in [-0.2, -0.15) is 0 Å². The Morgan fingerprint density at radius 3 is 2.57 bits per heavy atom. The van der Waals surface area contributed by atoms with Gasteiger partial charge < -0.3 is 14.8 Å². The standard InChI is InChI=1S/C21H18N4O2S/c1-26-15-7-5-14(6-8-15)24-21-18(4-3-11-22-21)23-13-20-25-17-10-9-16(27-2)12-19(17)28-20/h3-13H,1-2H3,(H,22,24). The molecule has 2 heterocycles. The molecular formula is C21H18N4O2S. The van der Waals surface area contributed by atoms with Crippen LogP contribution in [0.5, 0.6) is 11.5 Å². The molecule has 0 amide bonds. The van der Waals surface area contributed by atoms with Gasteiger partial charge in [0.2, 0.25) is 0 Å². The number of aliphatic imine (C=N–C) groups is 1. The maximum atomic E-state index is 5.27. The molecule has 1 N–H and O–H groups in total. The van der Waals surface area contributed by atoms with Gasteiger partial charge in [-0.1, -0.05) is 0 Å². The van der Waals surface area contributed by atoms with Crippen molar-refractivity contribution in [1.82, 2.24) is 9.97 Å². The third-order valence-electron chi connectivity index (χ3n) is 4.07. The molecule has 0 unspecified atom stereocenters. The lowest BCUT2D eigenvalue weighted by atomic mass is 10.3. The van der Waals surface area contributed by atoms with Crippen LogP contribution >= 0.6 is 11.3 Å². The molecule has 0 radical (unpaired) electrons. The minimum Gasteiger partial charge on any atom is -0.497 e. The zero-order valence-electron chi connectivity index (χ0n) is 15.4. The van der Waals surface area contributed by atoms with Crippen LogP contribution < -0.4 is 14.8 Å². The molecule has 7 heteroatoms. The van der Waals surface area contributed by atoms with Gasteiger partial charge >= 0.3 is 0 Å². The highest BCUT2D eigenvalue weighted by molar-refractivity contribution is 7.20. The second-order valence-electron chi connectivity index (χ2n) is 5.87. The van der Waals surface area contributed by atoms with Gasteiger partial charge in [-0.15, -0.1) is 11.3 Å². The zero-order valence-corrected chi connectivity index (χ0v) is 16.2. The van der Waals surface area contributed by atoms with E-state index in [4.69, 9.17) is 9.47 Å². The molecule has 0 bridgehead atoms. The molecule has 0 saturated heterocycles. The van der Waals surface area contributed by atoms with Crippen molar-refractivity contribution in [3.8, 4) is 11.5 Å². The molecule has 0 aliphatic heterocycles. The summed E-state index contributed by atoms with van der Waals surface area (Å²) in [6.45, 7) is 0. The lowest BCUT2D eigenvalue weighted by molar-refractivity contribution is 0.415. The van der Waals surface area contributed by atoms with Crippen molar-refractivity contribution >= 4 is 45.0 Å². The quantitative estimate of drug-likeness (QED) is 0.458. The molecule has 140 valence electrons. The van der Waals surface area contributed by atoms with E-state index in [0.717, 1.165) is 38.1 Å². The van der Waals surface area contributed by atoms with Crippen LogP contribution in [0.3, 0.4) is 0 Å². The van der Waals surface area contributed by atoms with E-state index in [1.165, 1.54) is 0 Å². The first-order chi connectivity index (χ1) is 13.7. The van der Waals surface area contributed by atoms with Crippen LogP contribution in [0.15, 0.2) is 65.8 Å². The summed E-state index contributed by atoms with van der Waals surface area (Å²) in [5.41, 5.74) is 2.56. The number of thiazole rings is 1. The maximum Gasteiger partial charge on any atom is 0.156 e. The molecule has 0 saturated carbocycles. The Bertz CT molecular complexity index is 1120. The van der Waals surface area contributed by atoms with Crippen molar-refractivity contribution in [2.45, 2.75) is 0 Å². The van der Waals surface area contributed by atoms with E-state index in [2.05, 4.69) is 20.3 Å². The summed E-state index contributed by atoms with van der Waals surface area (Å²) in [4.78, 5) is 13.6. The van der Waals surface area contributed by atoms with Crippen LogP contribution in [0.4, 0.5) is 17.2 Å². The van der Waals surface area contributed by atoms with Crippen LogP contribution in [0.2, 0.25) is 0 Å². The van der Waals surface area contributed by atoms with Gasteiger partial charge in [0.05, 0.1) is 30.7 Å². The predicted octanol–water partition coefficient (Wildman–Crippen LogP) is 5.20. The Balaban J connectivity index is 1.57. The average Bonchev–Trinajstić information content (AvgIpc) is 3.15. The monoisotopic (exact) mass is 390 g/mol. The molecule has 4 rings (SSSR count). The molecule has 0 aliphatic carbocycles. The van der Waals surface area contributed by atoms with Crippen LogP contribution in [0, 0.1) is 0 Å². The van der Waals surface area contributed by atoms with Crippen molar-refractivity contribution < 1.29 is 9.47 Å². The molecule has 0 atom stereocenters. The largest absolute Gasteiger partial charge is 0.497 e. The predicted molar refractivity (Wildman–Crippen MR) is 114 cm³/mol. The Hall–Kier alpha value is -3.45. The fraction of sp³-hybridized carbons (Fsp3) is 0.0952. The number of pyridine rings is 1. The number of aromatic nitrogens is 2. The minimum absolute atomic E-state index is 0.673. The van der Waals surface area contributed by atoms with Gasteiger partial charge in [0, 0.05) is 11.9 Å². The number of methoxy groups -OCH3 is 2. The third kappa shape index (κ3) is 3.94. The van der Waals surface area contributed by atoms with Crippen molar-refractivity contribution in [1.29, 1.82) is 0 Å². The normalized spacial score (nSPS) is 11.1. The topological polar surface area (TPSA) is 68.6 Å². The Labute approximate surface area is 166 Å². The number of rotatable bonds is 6. The molecule has 4 aromatic rings. The number of nitrogens with zero attached hydrogens (tertiary/aromatic N) is 3. The summed E-state index contributed by atoms with van der Waals surface area (Å²) < 4.78 is 11.5. The molecule has 6 nitrogen and oxygen atoms in total. The highest BCUT2D eigenvalue weighted by atomic mass is 32.1. The van der Waals surface area contributed by atoms with E-state index < -0.39 is 0 Å². The molecular weight excluding hydrogens is 372 g/mol. The summed E-state index contributed by atoms with van der Waals surface area (Å²) >= 11 is 1.56. The molecule has 2 aromatic heterocycles. The van der Waals surface area contributed by atoms with Crippen LogP contribution in [-0.2, 0) is 0 Å². The number of hydrogen-bond donors (Lipinski definition) is 1. The van der Waals surface area contributed by atoms with E-state index in [1.807, 2.05) is 54.6 Å². The van der Waals surface area contributed by atoms with Crippen LogP contribution in [-0.4, -0.2) is 30.4 Å². The first-order valence-corrected chi connectivity index (χ1v) is 9.41. The average molecular weight is 390 g/mol. The fourth-order valence-electron chi connectivity index (χ4n) is 2.64. The number of hydrogen-bond acceptors (Lipinski definition) is 7. The Morgan fingerprint density at radius 1 is 1.00 bits per heavy atom. The van der Waals surface area contributed by atoms with E-state index >= 15 is 0 Å². The lowest BCUT2D eigenvalue weighted by Gasteiger charge is -2.08. The number of anilines is 2. The lowest BCUT2D eigenvalue weighted by Crippen LogP contribution is -1.94. The van der Waals surface area contributed by atoms with Crippen molar-refractivity contribution in [2.75, 3.05) is 19.5 Å². The van der Waals surface area contributed by atoms with E-state index in [-0.39, 0.29) is 0 Å². The van der Waals surface area contributed by atoms with E-state index in [9.17, 15) is 0 Å². The maximum absolute atomic E-state index is 5.27. The van der Waals surface area contributed by atoms with Crippen molar-refractivity contribution in [3.05, 3.63) is 65.8 Å². The molecule has 2 aromatic carbocycles. The van der Waals surface area contributed by atoms with Crippen molar-refractivity contribution in [2.24, 2.45) is 4.99 Å². The molecule has 0 fully saturated rings. The summed E-state index contributed by atoms with van der Waals surface area (Å²) in [6, 6.07) is 17.2. The first kappa shape index (κ1) is 17.9. The smallest absolute Gasteiger partial charge is 0.156 e. The number of benzene rings is 2. The van der Waals surface area contributed by atoms with Gasteiger partial charge in [-0.25, -0.2) is 15.0 Å². The summed E-state index contributed by atoms with van der Waals surface area (Å²) in [5, 5.41) is 4.11. The van der Waals surface area contributed by atoms with E-state index in [0.29, 0.717) is 5.82 Å². The summed E-state index contributed by atoms with van der Waals surface area (Å²) in [6.07, 6.45) is 3.49. The number of nitrogens with one attached hydrogen (secondary N) is 1. The SMILES string of the molecule is COc1ccc(Nc2ncccc2N=Cc2nc3ccc(OC)cc3s2)cc1. The summed E-state index contributed by atoms with van der Waals surface area (Å²) in [5.74, 6) is 2.29. The second kappa shape index (κ2) is 8.06. The van der Waals surface area contributed by atoms with Crippen molar-refractivity contribution in [3.63, 3.8) is 0 Å². The number of fused-ring (bicyclic) bond motifs is 1. The first-order valence-electron chi connectivity index (χ1n) is 8.60. The number of ether oxygens (including phenoxy) is 2. The van der Waals surface area contributed by atoms with Gasteiger partial charge in [0.1, 0.15) is 22.2 Å². The van der Waals surface area contributed by atoms with Gasteiger partial charge in [-0.3, -0.25) is 0 Å². The van der Waals surface area contributed by atoms with Gasteiger partial charge in [-0.05, 0) is 54.6 Å². The summed E-state index contributed by atoms with van der Waals surface area (Å²) in [7, 11) is 3.30. The molecule has 0 spiro atoms. The highest BCUT2D eigenvalue weighted by Crippen LogP contribution is 2.28. The van der Waals surface area contributed by atoms with Crippen LogP contribution in [0.25, 0.3) is 10.2 Å². The van der Waals surface area contributed by atoms with Gasteiger partial charge in [0.15, 0.2) is 5.82 Å². The highest BCUT2D eigenvalue weighted by Gasteiger charge is 2.06. The molecule has 28 heavy (non-hydrogen) atoms. The Morgan fingerprint density at radius 2 is 1.79 bits per heavy atom. The third-order valence-corrected chi connectivity index (χ3v) is 5.02. The van der Waals surface area contributed by atoms with Crippen LogP contribution in [0.1, 0.15) is 5.01 Å². The van der Waals surface area contributed by atoms with Gasteiger partial charge in [0.25, 0.3) is 0 Å². The van der Waals surface area contributed by atoms with E-state index in [1.54, 1.807) is 38.0 Å². The minimum atomic E-state index is 0.673.